The molecule has 0 amide bonds. The molecule has 0 spiro atoms. The third kappa shape index (κ3) is 3.52. The Bertz CT molecular complexity index is 584. The van der Waals surface area contributed by atoms with Gasteiger partial charge in [-0.3, -0.25) is 4.98 Å². The first-order chi connectivity index (χ1) is 10.1. The van der Waals surface area contributed by atoms with Gasteiger partial charge >= 0.3 is 0 Å². The molecule has 1 N–H and O–H groups in total. The topological polar surface area (TPSA) is 43.4 Å². The maximum Gasteiger partial charge on any atom is 0.122 e. The van der Waals surface area contributed by atoms with Gasteiger partial charge in [0.2, 0.25) is 0 Å². The maximum absolute atomic E-state index is 5.36. The number of methoxy groups -OCH3 is 2. The van der Waals surface area contributed by atoms with Gasteiger partial charge in [-0.05, 0) is 56.3 Å². The van der Waals surface area contributed by atoms with E-state index in [1.165, 1.54) is 5.56 Å². The van der Waals surface area contributed by atoms with E-state index in [1.807, 2.05) is 39.1 Å². The number of aromatic nitrogens is 1. The molecule has 2 aromatic rings. The molecule has 1 unspecified atom stereocenters. The van der Waals surface area contributed by atoms with Crippen molar-refractivity contribution in [3.05, 3.63) is 52.8 Å². The highest BCUT2D eigenvalue weighted by Gasteiger charge is 2.15. The van der Waals surface area contributed by atoms with Crippen LogP contribution in [0.15, 0.2) is 30.3 Å². The predicted molar refractivity (Wildman–Crippen MR) is 84.2 cm³/mol. The van der Waals surface area contributed by atoms with Gasteiger partial charge in [0.05, 0.1) is 20.3 Å². The monoisotopic (exact) mass is 286 g/mol. The van der Waals surface area contributed by atoms with Gasteiger partial charge in [-0.1, -0.05) is 0 Å². The first-order valence-corrected chi connectivity index (χ1v) is 6.92. The van der Waals surface area contributed by atoms with Crippen molar-refractivity contribution in [1.82, 2.24) is 10.3 Å². The Morgan fingerprint density at radius 1 is 0.857 bits per heavy atom. The number of rotatable bonds is 5. The minimum atomic E-state index is 0.0643. The maximum atomic E-state index is 5.36. The Hall–Kier alpha value is -2.07. The van der Waals surface area contributed by atoms with E-state index >= 15 is 0 Å². The Labute approximate surface area is 126 Å². The van der Waals surface area contributed by atoms with E-state index in [9.17, 15) is 0 Å². The van der Waals surface area contributed by atoms with Gasteiger partial charge in [0.25, 0.3) is 0 Å². The summed E-state index contributed by atoms with van der Waals surface area (Å²) in [5, 5.41) is 3.35. The Kier molecular flexibility index (Phi) is 4.81. The standard InChI is InChI=1S/C17H22N2O2/c1-11-6-13(7-12(2)19-11)17(18-3)14-8-15(20-4)10-16(9-14)21-5/h6-10,17-18H,1-5H3. The molecule has 0 saturated heterocycles. The zero-order chi connectivity index (χ0) is 15.4. The second-order valence-corrected chi connectivity index (χ2v) is 5.05. The van der Waals surface area contributed by atoms with Gasteiger partial charge in [0.1, 0.15) is 11.5 Å². The second-order valence-electron chi connectivity index (χ2n) is 5.05. The van der Waals surface area contributed by atoms with Crippen LogP contribution in [0, 0.1) is 13.8 Å². The van der Waals surface area contributed by atoms with Crippen LogP contribution in [0.4, 0.5) is 0 Å². The number of ether oxygens (including phenoxy) is 2. The van der Waals surface area contributed by atoms with Gasteiger partial charge in [-0.2, -0.15) is 0 Å². The summed E-state index contributed by atoms with van der Waals surface area (Å²) in [6.07, 6.45) is 0. The Balaban J connectivity index is 2.49. The normalized spacial score (nSPS) is 12.0. The predicted octanol–water partition coefficient (Wildman–Crippen LogP) is 3.02. The number of hydrogen-bond donors (Lipinski definition) is 1. The van der Waals surface area contributed by atoms with E-state index in [4.69, 9.17) is 9.47 Å². The van der Waals surface area contributed by atoms with E-state index in [2.05, 4.69) is 22.4 Å². The third-order valence-corrected chi connectivity index (χ3v) is 3.43. The minimum Gasteiger partial charge on any atom is -0.497 e. The highest BCUT2D eigenvalue weighted by Crippen LogP contribution is 2.30. The van der Waals surface area contributed by atoms with E-state index in [1.54, 1.807) is 14.2 Å². The molecule has 0 aliphatic heterocycles. The number of hydrogen-bond acceptors (Lipinski definition) is 4. The van der Waals surface area contributed by atoms with Crippen LogP contribution >= 0.6 is 0 Å². The van der Waals surface area contributed by atoms with Crippen LogP contribution in [-0.2, 0) is 0 Å². The summed E-state index contributed by atoms with van der Waals surface area (Å²) < 4.78 is 10.7. The molecule has 1 aromatic heterocycles. The van der Waals surface area contributed by atoms with Gasteiger partial charge in [-0.25, -0.2) is 0 Å². The molecule has 0 saturated carbocycles. The van der Waals surface area contributed by atoms with E-state index in [0.717, 1.165) is 28.5 Å². The molecule has 0 radical (unpaired) electrons. The van der Waals surface area contributed by atoms with Crippen molar-refractivity contribution in [3.8, 4) is 11.5 Å². The molecule has 112 valence electrons. The highest BCUT2D eigenvalue weighted by molar-refractivity contribution is 5.43. The fourth-order valence-corrected chi connectivity index (χ4v) is 2.56. The minimum absolute atomic E-state index is 0.0643. The van der Waals surface area contributed by atoms with Gasteiger partial charge < -0.3 is 14.8 Å². The molecule has 0 aliphatic rings. The average molecular weight is 286 g/mol. The molecule has 21 heavy (non-hydrogen) atoms. The van der Waals surface area contributed by atoms with E-state index in [-0.39, 0.29) is 6.04 Å². The van der Waals surface area contributed by atoms with Crippen molar-refractivity contribution < 1.29 is 9.47 Å². The van der Waals surface area contributed by atoms with Crippen molar-refractivity contribution in [2.24, 2.45) is 0 Å². The van der Waals surface area contributed by atoms with Crippen molar-refractivity contribution in [3.63, 3.8) is 0 Å². The Morgan fingerprint density at radius 2 is 1.33 bits per heavy atom. The van der Waals surface area contributed by atoms with Gasteiger partial charge in [0, 0.05) is 17.5 Å². The smallest absolute Gasteiger partial charge is 0.122 e. The molecular weight excluding hydrogens is 264 g/mol. The molecule has 1 aromatic carbocycles. The zero-order valence-corrected chi connectivity index (χ0v) is 13.2. The number of benzene rings is 1. The summed E-state index contributed by atoms with van der Waals surface area (Å²) in [7, 11) is 5.27. The van der Waals surface area contributed by atoms with Crippen LogP contribution in [0.2, 0.25) is 0 Å². The van der Waals surface area contributed by atoms with Crippen LogP contribution < -0.4 is 14.8 Å². The van der Waals surface area contributed by atoms with Crippen molar-refractivity contribution in [1.29, 1.82) is 0 Å². The summed E-state index contributed by atoms with van der Waals surface area (Å²) in [6, 6.07) is 10.2. The summed E-state index contributed by atoms with van der Waals surface area (Å²) >= 11 is 0. The lowest BCUT2D eigenvalue weighted by Crippen LogP contribution is -2.18. The fraction of sp³-hybridized carbons (Fsp3) is 0.353. The number of aryl methyl sites for hydroxylation is 2. The van der Waals surface area contributed by atoms with Crippen LogP contribution in [-0.4, -0.2) is 26.3 Å². The third-order valence-electron chi connectivity index (χ3n) is 3.43. The van der Waals surface area contributed by atoms with Crippen LogP contribution in [0.25, 0.3) is 0 Å². The lowest BCUT2D eigenvalue weighted by atomic mass is 9.98. The van der Waals surface area contributed by atoms with Gasteiger partial charge in [-0.15, -0.1) is 0 Å². The first-order valence-electron chi connectivity index (χ1n) is 6.92. The van der Waals surface area contributed by atoms with Gasteiger partial charge in [0.15, 0.2) is 0 Å². The fourth-order valence-electron chi connectivity index (χ4n) is 2.56. The lowest BCUT2D eigenvalue weighted by Gasteiger charge is -2.19. The van der Waals surface area contributed by atoms with Crippen molar-refractivity contribution >= 4 is 0 Å². The molecule has 0 aliphatic carbocycles. The molecule has 4 nitrogen and oxygen atoms in total. The summed E-state index contributed by atoms with van der Waals surface area (Å²) in [6.45, 7) is 4.02. The number of nitrogens with zero attached hydrogens (tertiary/aromatic N) is 1. The second kappa shape index (κ2) is 6.59. The van der Waals surface area contributed by atoms with E-state index < -0.39 is 0 Å². The van der Waals surface area contributed by atoms with Crippen molar-refractivity contribution in [2.75, 3.05) is 21.3 Å². The Morgan fingerprint density at radius 3 is 1.76 bits per heavy atom. The van der Waals surface area contributed by atoms with E-state index in [0.29, 0.717) is 0 Å². The van der Waals surface area contributed by atoms with Crippen molar-refractivity contribution in [2.45, 2.75) is 19.9 Å². The average Bonchev–Trinajstić information content (AvgIpc) is 2.46. The quantitative estimate of drug-likeness (QED) is 0.917. The zero-order valence-electron chi connectivity index (χ0n) is 13.2. The molecular formula is C17H22N2O2. The molecule has 4 heteroatoms. The largest absolute Gasteiger partial charge is 0.497 e. The first kappa shape index (κ1) is 15.3. The SMILES string of the molecule is CNC(c1cc(OC)cc(OC)c1)c1cc(C)nc(C)c1. The number of pyridine rings is 1. The molecule has 0 fully saturated rings. The number of nitrogens with one attached hydrogen (secondary N) is 1. The highest BCUT2D eigenvalue weighted by atomic mass is 16.5. The summed E-state index contributed by atoms with van der Waals surface area (Å²) in [5.41, 5.74) is 4.30. The summed E-state index contributed by atoms with van der Waals surface area (Å²) in [4.78, 5) is 4.43. The molecule has 0 bridgehead atoms. The molecule has 2 rings (SSSR count). The molecule has 1 atom stereocenters. The van der Waals surface area contributed by atoms with Crippen LogP contribution in [0.5, 0.6) is 11.5 Å². The van der Waals surface area contributed by atoms with Crippen LogP contribution in [0.1, 0.15) is 28.6 Å². The van der Waals surface area contributed by atoms with Crippen LogP contribution in [0.3, 0.4) is 0 Å². The molecule has 1 heterocycles. The lowest BCUT2D eigenvalue weighted by molar-refractivity contribution is 0.392. The summed E-state index contributed by atoms with van der Waals surface area (Å²) in [5.74, 6) is 1.57.